The Labute approximate surface area is 149 Å². The zero-order valence-corrected chi connectivity index (χ0v) is 14.5. The molecule has 4 rings (SSSR count). The topological polar surface area (TPSA) is 88.0 Å². The molecule has 1 aliphatic carbocycles. The number of imidazole rings is 1. The molecular formula is C17H18ClN5O2. The molecule has 0 atom stereocenters. The van der Waals surface area contributed by atoms with Crippen molar-refractivity contribution in [2.45, 2.75) is 25.9 Å². The highest BCUT2D eigenvalue weighted by Gasteiger charge is 2.26. The molecule has 25 heavy (non-hydrogen) atoms. The first-order chi connectivity index (χ1) is 12.1. The zero-order valence-electron chi connectivity index (χ0n) is 13.8. The summed E-state index contributed by atoms with van der Waals surface area (Å²) < 4.78 is 8.45. The lowest BCUT2D eigenvalue weighted by Crippen LogP contribution is -2.25. The molecule has 1 saturated carbocycles. The molecule has 130 valence electrons. The maximum atomic E-state index is 13.0. The quantitative estimate of drug-likeness (QED) is 0.706. The lowest BCUT2D eigenvalue weighted by atomic mass is 10.2. The van der Waals surface area contributed by atoms with Gasteiger partial charge in [-0.05, 0) is 36.5 Å². The van der Waals surface area contributed by atoms with Crippen molar-refractivity contribution in [3.8, 4) is 5.75 Å². The van der Waals surface area contributed by atoms with Gasteiger partial charge in [-0.1, -0.05) is 23.7 Å². The molecule has 1 fully saturated rings. The van der Waals surface area contributed by atoms with Gasteiger partial charge in [0.2, 0.25) is 5.95 Å². The Balaban J connectivity index is 1.83. The van der Waals surface area contributed by atoms with E-state index in [1.54, 1.807) is 16.2 Å². The zero-order chi connectivity index (χ0) is 17.6. The van der Waals surface area contributed by atoms with Crippen LogP contribution in [0.25, 0.3) is 11.2 Å². The summed E-state index contributed by atoms with van der Waals surface area (Å²) in [5, 5.41) is 0.216. The maximum Gasteiger partial charge on any atom is 0.330 e. The monoisotopic (exact) mass is 359 g/mol. The van der Waals surface area contributed by atoms with Crippen molar-refractivity contribution < 1.29 is 4.74 Å². The number of hydrogen-bond acceptors (Lipinski definition) is 5. The van der Waals surface area contributed by atoms with E-state index in [1.165, 1.54) is 0 Å². The standard InChI is InChI=1S/C17H18ClN5O2/c1-25-12-6-4-11(5-7-12)9-23-15-13(14(18)20-16(19)21-15)22(17(23)24)8-10-2-3-10/h4-7,10H,2-3,8-9H2,1H3,(H2,19,20,21). The number of anilines is 1. The van der Waals surface area contributed by atoms with Crippen molar-refractivity contribution in [1.82, 2.24) is 19.1 Å². The summed E-state index contributed by atoms with van der Waals surface area (Å²) in [5.41, 5.74) is 7.60. The summed E-state index contributed by atoms with van der Waals surface area (Å²) in [6.45, 7) is 1.02. The highest BCUT2D eigenvalue weighted by molar-refractivity contribution is 6.33. The molecule has 1 aromatic carbocycles. The molecule has 0 bridgehead atoms. The number of nitrogen functional groups attached to an aromatic ring is 1. The van der Waals surface area contributed by atoms with Crippen molar-refractivity contribution in [2.75, 3.05) is 12.8 Å². The van der Waals surface area contributed by atoms with Crippen molar-refractivity contribution in [3.05, 3.63) is 45.5 Å². The number of benzene rings is 1. The second-order valence-electron chi connectivity index (χ2n) is 6.32. The Bertz CT molecular complexity index is 989. The Morgan fingerprint density at radius 2 is 1.96 bits per heavy atom. The number of hydrogen-bond donors (Lipinski definition) is 1. The summed E-state index contributed by atoms with van der Waals surface area (Å²) in [5.74, 6) is 1.35. The summed E-state index contributed by atoms with van der Waals surface area (Å²) in [7, 11) is 1.62. The average Bonchev–Trinajstić information content (AvgIpc) is 3.37. The van der Waals surface area contributed by atoms with E-state index < -0.39 is 0 Å². The number of aromatic nitrogens is 4. The van der Waals surface area contributed by atoms with E-state index >= 15 is 0 Å². The summed E-state index contributed by atoms with van der Waals surface area (Å²) in [6, 6.07) is 7.56. The maximum absolute atomic E-state index is 13.0. The normalized spacial score (nSPS) is 14.2. The van der Waals surface area contributed by atoms with Gasteiger partial charge in [-0.25, -0.2) is 4.79 Å². The fourth-order valence-corrected chi connectivity index (χ4v) is 3.24. The summed E-state index contributed by atoms with van der Waals surface area (Å²) >= 11 is 6.28. The molecule has 0 radical (unpaired) electrons. The minimum atomic E-state index is -0.139. The lowest BCUT2D eigenvalue weighted by molar-refractivity contribution is 0.414. The number of fused-ring (bicyclic) bond motifs is 1. The van der Waals surface area contributed by atoms with Crippen LogP contribution in [-0.2, 0) is 13.1 Å². The third-order valence-corrected chi connectivity index (χ3v) is 4.73. The van der Waals surface area contributed by atoms with Gasteiger partial charge < -0.3 is 10.5 Å². The molecule has 0 amide bonds. The number of methoxy groups -OCH3 is 1. The average molecular weight is 360 g/mol. The molecule has 0 aliphatic heterocycles. The van der Waals surface area contributed by atoms with Gasteiger partial charge in [-0.2, -0.15) is 9.97 Å². The SMILES string of the molecule is COc1ccc(Cn2c(=O)n(CC3CC3)c3c(Cl)nc(N)nc32)cc1. The van der Waals surface area contributed by atoms with Crippen LogP contribution in [0.2, 0.25) is 5.15 Å². The van der Waals surface area contributed by atoms with Gasteiger partial charge in [-0.15, -0.1) is 0 Å². The highest BCUT2D eigenvalue weighted by Crippen LogP contribution is 2.32. The van der Waals surface area contributed by atoms with E-state index in [0.717, 1.165) is 24.2 Å². The van der Waals surface area contributed by atoms with Gasteiger partial charge in [0.05, 0.1) is 13.7 Å². The number of rotatable bonds is 5. The summed E-state index contributed by atoms with van der Waals surface area (Å²) in [6.07, 6.45) is 2.26. The van der Waals surface area contributed by atoms with Crippen LogP contribution in [-0.4, -0.2) is 26.2 Å². The van der Waals surface area contributed by atoms with Gasteiger partial charge in [0.15, 0.2) is 10.8 Å². The van der Waals surface area contributed by atoms with E-state index in [2.05, 4.69) is 9.97 Å². The molecule has 0 unspecified atom stereocenters. The van der Waals surface area contributed by atoms with E-state index in [1.807, 2.05) is 24.3 Å². The number of halogens is 1. The van der Waals surface area contributed by atoms with Crippen molar-refractivity contribution in [1.29, 1.82) is 0 Å². The molecule has 7 nitrogen and oxygen atoms in total. The largest absolute Gasteiger partial charge is 0.497 e. The van der Waals surface area contributed by atoms with Crippen LogP contribution >= 0.6 is 11.6 Å². The molecule has 3 aromatic rings. The van der Waals surface area contributed by atoms with Crippen LogP contribution in [0.15, 0.2) is 29.1 Å². The van der Waals surface area contributed by atoms with Gasteiger partial charge in [-0.3, -0.25) is 9.13 Å². The van der Waals surface area contributed by atoms with Gasteiger partial charge in [0.25, 0.3) is 0 Å². The second kappa shape index (κ2) is 6.07. The van der Waals surface area contributed by atoms with Crippen LogP contribution in [0, 0.1) is 5.92 Å². The minimum absolute atomic E-state index is 0.0598. The first-order valence-corrected chi connectivity index (χ1v) is 8.49. The third-order valence-electron chi connectivity index (χ3n) is 4.47. The van der Waals surface area contributed by atoms with Crippen LogP contribution in [0.5, 0.6) is 5.75 Å². The van der Waals surface area contributed by atoms with Crippen LogP contribution in [0.4, 0.5) is 5.95 Å². The Morgan fingerprint density at radius 1 is 1.24 bits per heavy atom. The molecule has 0 saturated heterocycles. The molecule has 8 heteroatoms. The van der Waals surface area contributed by atoms with Crippen LogP contribution in [0.3, 0.4) is 0 Å². The number of nitrogens with zero attached hydrogens (tertiary/aromatic N) is 4. The molecule has 2 aromatic heterocycles. The van der Waals surface area contributed by atoms with Crippen molar-refractivity contribution >= 4 is 28.7 Å². The first kappa shape index (κ1) is 16.0. The van der Waals surface area contributed by atoms with E-state index in [4.69, 9.17) is 22.1 Å². The first-order valence-electron chi connectivity index (χ1n) is 8.12. The Hall–Kier alpha value is -2.54. The molecule has 2 N–H and O–H groups in total. The second-order valence-corrected chi connectivity index (χ2v) is 6.67. The highest BCUT2D eigenvalue weighted by atomic mass is 35.5. The molecule has 2 heterocycles. The number of ether oxygens (including phenoxy) is 1. The third kappa shape index (κ3) is 2.95. The van der Waals surface area contributed by atoms with Crippen molar-refractivity contribution in [3.63, 3.8) is 0 Å². The van der Waals surface area contributed by atoms with Crippen LogP contribution in [0.1, 0.15) is 18.4 Å². The predicted octanol–water partition coefficient (Wildman–Crippen LogP) is 2.30. The minimum Gasteiger partial charge on any atom is -0.497 e. The van der Waals surface area contributed by atoms with E-state index in [0.29, 0.717) is 30.2 Å². The van der Waals surface area contributed by atoms with Gasteiger partial charge in [0, 0.05) is 6.54 Å². The summed E-state index contributed by atoms with van der Waals surface area (Å²) in [4.78, 5) is 21.3. The Morgan fingerprint density at radius 3 is 2.60 bits per heavy atom. The van der Waals surface area contributed by atoms with E-state index in [-0.39, 0.29) is 16.8 Å². The van der Waals surface area contributed by atoms with Crippen molar-refractivity contribution in [2.24, 2.45) is 5.92 Å². The smallest absolute Gasteiger partial charge is 0.330 e. The molecule has 1 aliphatic rings. The molecule has 0 spiro atoms. The fraction of sp³-hybridized carbons (Fsp3) is 0.353. The predicted molar refractivity (Wildman–Crippen MR) is 96.0 cm³/mol. The van der Waals surface area contributed by atoms with E-state index in [9.17, 15) is 4.79 Å². The lowest BCUT2D eigenvalue weighted by Gasteiger charge is -2.05. The van der Waals surface area contributed by atoms with Gasteiger partial charge in [0.1, 0.15) is 11.3 Å². The Kier molecular flexibility index (Phi) is 3.88. The van der Waals surface area contributed by atoms with Gasteiger partial charge >= 0.3 is 5.69 Å². The van der Waals surface area contributed by atoms with Crippen LogP contribution < -0.4 is 16.2 Å². The fourth-order valence-electron chi connectivity index (χ4n) is 2.97. The molecular weight excluding hydrogens is 342 g/mol. The number of nitrogens with two attached hydrogens (primary N) is 1.